The molecule has 0 saturated carbocycles. The molecule has 3 aromatic rings. The summed E-state index contributed by atoms with van der Waals surface area (Å²) in [5, 5.41) is 0. The summed E-state index contributed by atoms with van der Waals surface area (Å²) in [6, 6.07) is 22.4. The van der Waals surface area contributed by atoms with Crippen molar-refractivity contribution in [2.24, 2.45) is 0 Å². The normalized spacial score (nSPS) is 10.9. The van der Waals surface area contributed by atoms with Crippen LogP contribution >= 0.6 is 0 Å². The summed E-state index contributed by atoms with van der Waals surface area (Å²) in [5.41, 5.74) is 11.0. The first-order valence-corrected chi connectivity index (χ1v) is 9.87. The zero-order chi connectivity index (χ0) is 18.5. The molecule has 0 atom stereocenters. The van der Waals surface area contributed by atoms with Crippen LogP contribution in [0.3, 0.4) is 0 Å². The molecule has 134 valence electrons. The van der Waals surface area contributed by atoms with Gasteiger partial charge in [0.05, 0.1) is 0 Å². The molecule has 0 aliphatic heterocycles. The second-order valence-corrected chi connectivity index (χ2v) is 7.39. The summed E-state index contributed by atoms with van der Waals surface area (Å²) in [6.45, 7) is 8.96. The average Bonchev–Trinajstić information content (AvgIpc) is 2.65. The Labute approximate surface area is 158 Å². The van der Waals surface area contributed by atoms with E-state index >= 15 is 0 Å². The highest BCUT2D eigenvalue weighted by Crippen LogP contribution is 2.34. The van der Waals surface area contributed by atoms with Crippen molar-refractivity contribution in [1.29, 1.82) is 0 Å². The first kappa shape index (κ1) is 18.5. The number of unbranched alkanes of at least 4 members (excludes halogenated alkanes) is 2. The maximum atomic E-state index is 2.32. The number of hydrogen-bond acceptors (Lipinski definition) is 0. The van der Waals surface area contributed by atoms with Gasteiger partial charge in [-0.05, 0) is 72.6 Å². The van der Waals surface area contributed by atoms with Gasteiger partial charge in [-0.25, -0.2) is 0 Å². The van der Waals surface area contributed by atoms with Crippen LogP contribution in [-0.4, -0.2) is 0 Å². The van der Waals surface area contributed by atoms with Gasteiger partial charge in [-0.2, -0.15) is 0 Å². The molecule has 3 aromatic carbocycles. The molecule has 0 nitrogen and oxygen atoms in total. The fraction of sp³-hybridized carbons (Fsp3) is 0.308. The topological polar surface area (TPSA) is 0 Å². The van der Waals surface area contributed by atoms with E-state index in [4.69, 9.17) is 0 Å². The zero-order valence-corrected chi connectivity index (χ0v) is 16.6. The largest absolute Gasteiger partial charge is 0.0654 e. The summed E-state index contributed by atoms with van der Waals surface area (Å²) in [6.07, 6.45) is 5.01. The molecule has 0 aliphatic rings. The van der Waals surface area contributed by atoms with Gasteiger partial charge in [-0.1, -0.05) is 86.0 Å². The third-order valence-corrected chi connectivity index (χ3v) is 5.47. The predicted molar refractivity (Wildman–Crippen MR) is 115 cm³/mol. The van der Waals surface area contributed by atoms with E-state index in [0.717, 1.165) is 0 Å². The lowest BCUT2D eigenvalue weighted by Gasteiger charge is -2.17. The monoisotopic (exact) mass is 342 g/mol. The Morgan fingerprint density at radius 3 is 2.15 bits per heavy atom. The Bertz CT molecular complexity index is 886. The van der Waals surface area contributed by atoms with Crippen molar-refractivity contribution in [3.05, 3.63) is 82.9 Å². The lowest BCUT2D eigenvalue weighted by atomic mass is 9.88. The van der Waals surface area contributed by atoms with Crippen molar-refractivity contribution >= 4 is 0 Å². The summed E-state index contributed by atoms with van der Waals surface area (Å²) < 4.78 is 0. The van der Waals surface area contributed by atoms with E-state index in [1.54, 1.807) is 0 Å². The molecular formula is C26H30. The second-order valence-electron chi connectivity index (χ2n) is 7.39. The quantitative estimate of drug-likeness (QED) is 0.403. The molecule has 0 aromatic heterocycles. The van der Waals surface area contributed by atoms with Crippen LogP contribution in [0, 0.1) is 20.8 Å². The van der Waals surface area contributed by atoms with Crippen LogP contribution in [0.1, 0.15) is 48.4 Å². The van der Waals surface area contributed by atoms with Crippen LogP contribution in [0.25, 0.3) is 22.3 Å². The number of hydrogen-bond donors (Lipinski definition) is 0. The molecule has 0 N–H and O–H groups in total. The highest BCUT2D eigenvalue weighted by atomic mass is 14.2. The first-order valence-electron chi connectivity index (χ1n) is 9.87. The molecule has 0 heteroatoms. The van der Waals surface area contributed by atoms with Crippen LogP contribution in [0.5, 0.6) is 0 Å². The highest BCUT2D eigenvalue weighted by molar-refractivity contribution is 5.78. The number of benzene rings is 3. The first-order chi connectivity index (χ1) is 12.6. The summed E-state index contributed by atoms with van der Waals surface area (Å²) in [5.74, 6) is 0. The Hall–Kier alpha value is -2.34. The fourth-order valence-corrected chi connectivity index (χ4v) is 3.80. The van der Waals surface area contributed by atoms with Crippen molar-refractivity contribution < 1.29 is 0 Å². The summed E-state index contributed by atoms with van der Waals surface area (Å²) in [4.78, 5) is 0. The third-order valence-electron chi connectivity index (χ3n) is 5.47. The SMILES string of the molecule is CCCCCc1ccccc1-c1ccc(-c2cccc(C)c2)c(C)c1C. The Balaban J connectivity index is 2.02. The van der Waals surface area contributed by atoms with Crippen LogP contribution in [0.15, 0.2) is 60.7 Å². The zero-order valence-electron chi connectivity index (χ0n) is 16.6. The minimum atomic E-state index is 1.17. The van der Waals surface area contributed by atoms with E-state index in [2.05, 4.69) is 88.4 Å². The minimum Gasteiger partial charge on any atom is -0.0654 e. The molecule has 0 heterocycles. The van der Waals surface area contributed by atoms with Gasteiger partial charge in [0.2, 0.25) is 0 Å². The van der Waals surface area contributed by atoms with Crippen LogP contribution in [-0.2, 0) is 6.42 Å². The standard InChI is InChI=1S/C26H30/c1-5-6-7-12-22-13-8-9-15-26(22)25-17-16-24(20(3)21(25)4)23-14-10-11-19(2)18-23/h8-11,13-18H,5-7,12H2,1-4H3. The molecule has 0 amide bonds. The van der Waals surface area contributed by atoms with Gasteiger partial charge < -0.3 is 0 Å². The third kappa shape index (κ3) is 3.90. The van der Waals surface area contributed by atoms with Crippen LogP contribution in [0.2, 0.25) is 0 Å². The van der Waals surface area contributed by atoms with Crippen LogP contribution < -0.4 is 0 Å². The van der Waals surface area contributed by atoms with Crippen molar-refractivity contribution in [2.75, 3.05) is 0 Å². The van der Waals surface area contributed by atoms with E-state index in [9.17, 15) is 0 Å². The number of aryl methyl sites for hydroxylation is 2. The van der Waals surface area contributed by atoms with Gasteiger partial charge in [0.1, 0.15) is 0 Å². The lowest BCUT2D eigenvalue weighted by molar-refractivity contribution is 0.718. The van der Waals surface area contributed by atoms with Gasteiger partial charge >= 0.3 is 0 Å². The fourth-order valence-electron chi connectivity index (χ4n) is 3.80. The van der Waals surface area contributed by atoms with Crippen molar-refractivity contribution in [1.82, 2.24) is 0 Å². The number of rotatable bonds is 6. The molecule has 0 fully saturated rings. The van der Waals surface area contributed by atoms with E-state index in [1.165, 1.54) is 70.2 Å². The molecule has 0 spiro atoms. The van der Waals surface area contributed by atoms with Crippen molar-refractivity contribution in [3.63, 3.8) is 0 Å². The van der Waals surface area contributed by atoms with E-state index < -0.39 is 0 Å². The lowest BCUT2D eigenvalue weighted by Crippen LogP contribution is -1.96. The Morgan fingerprint density at radius 2 is 1.38 bits per heavy atom. The molecule has 0 aliphatic carbocycles. The van der Waals surface area contributed by atoms with Gasteiger partial charge in [0, 0.05) is 0 Å². The van der Waals surface area contributed by atoms with Crippen LogP contribution in [0.4, 0.5) is 0 Å². The summed E-state index contributed by atoms with van der Waals surface area (Å²) in [7, 11) is 0. The van der Waals surface area contributed by atoms with Gasteiger partial charge in [-0.3, -0.25) is 0 Å². The van der Waals surface area contributed by atoms with Crippen molar-refractivity contribution in [2.45, 2.75) is 53.4 Å². The molecule has 0 radical (unpaired) electrons. The van der Waals surface area contributed by atoms with Gasteiger partial charge in [0.15, 0.2) is 0 Å². The van der Waals surface area contributed by atoms with E-state index in [0.29, 0.717) is 0 Å². The molecule has 0 bridgehead atoms. The second kappa shape index (κ2) is 8.36. The highest BCUT2D eigenvalue weighted by Gasteiger charge is 2.12. The average molecular weight is 343 g/mol. The molecule has 3 rings (SSSR count). The summed E-state index contributed by atoms with van der Waals surface area (Å²) >= 11 is 0. The van der Waals surface area contributed by atoms with Crippen molar-refractivity contribution in [3.8, 4) is 22.3 Å². The van der Waals surface area contributed by atoms with E-state index in [1.807, 2.05) is 0 Å². The predicted octanol–water partition coefficient (Wildman–Crippen LogP) is 7.68. The maximum Gasteiger partial charge on any atom is -0.0149 e. The van der Waals surface area contributed by atoms with Gasteiger partial charge in [-0.15, -0.1) is 0 Å². The van der Waals surface area contributed by atoms with Gasteiger partial charge in [0.25, 0.3) is 0 Å². The minimum absolute atomic E-state index is 1.17. The van der Waals surface area contributed by atoms with E-state index in [-0.39, 0.29) is 0 Å². The Morgan fingerprint density at radius 1 is 0.654 bits per heavy atom. The molecule has 26 heavy (non-hydrogen) atoms. The maximum absolute atomic E-state index is 2.32. The molecule has 0 unspecified atom stereocenters. The molecular weight excluding hydrogens is 312 g/mol. The molecule has 0 saturated heterocycles. The smallest absolute Gasteiger partial charge is 0.0149 e. The Kier molecular flexibility index (Phi) is 5.93.